The van der Waals surface area contributed by atoms with E-state index in [1.54, 1.807) is 19.2 Å². The topological polar surface area (TPSA) is 50.7 Å². The van der Waals surface area contributed by atoms with Gasteiger partial charge in [-0.2, -0.15) is 0 Å². The molecule has 1 aromatic carbocycles. The molecule has 0 radical (unpaired) electrons. The van der Waals surface area contributed by atoms with Crippen molar-refractivity contribution in [3.8, 4) is 11.5 Å². The fourth-order valence-electron chi connectivity index (χ4n) is 2.31. The lowest BCUT2D eigenvalue weighted by Crippen LogP contribution is -2.36. The second-order valence-electron chi connectivity index (χ2n) is 4.70. The van der Waals surface area contributed by atoms with Gasteiger partial charge >= 0.3 is 0 Å². The largest absolute Gasteiger partial charge is 0.508 e. The van der Waals surface area contributed by atoms with Crippen LogP contribution < -0.4 is 10.1 Å². The van der Waals surface area contributed by atoms with Crippen LogP contribution in [-0.4, -0.2) is 31.5 Å². The van der Waals surface area contributed by atoms with E-state index in [0.717, 1.165) is 37.4 Å². The molecule has 1 saturated heterocycles. The van der Waals surface area contributed by atoms with Gasteiger partial charge in [-0.1, -0.05) is 0 Å². The zero-order valence-electron chi connectivity index (χ0n) is 11.0. The maximum atomic E-state index is 9.91. The van der Waals surface area contributed by atoms with Crippen LogP contribution in [0.2, 0.25) is 0 Å². The van der Waals surface area contributed by atoms with Crippen LogP contribution in [0.25, 0.3) is 0 Å². The van der Waals surface area contributed by atoms with Crippen LogP contribution in [0.1, 0.15) is 31.4 Å². The first-order chi connectivity index (χ1) is 8.70. The average molecular weight is 251 g/mol. The molecule has 2 rings (SSSR count). The zero-order valence-corrected chi connectivity index (χ0v) is 11.0. The van der Waals surface area contributed by atoms with E-state index < -0.39 is 0 Å². The fourth-order valence-corrected chi connectivity index (χ4v) is 2.31. The number of aromatic hydroxyl groups is 1. The second kappa shape index (κ2) is 6.07. The summed E-state index contributed by atoms with van der Waals surface area (Å²) in [5.74, 6) is 1.08. The van der Waals surface area contributed by atoms with E-state index in [-0.39, 0.29) is 6.04 Å². The molecule has 1 fully saturated rings. The van der Waals surface area contributed by atoms with Crippen LogP contribution in [0.4, 0.5) is 0 Å². The maximum Gasteiger partial charge on any atom is 0.120 e. The number of methoxy groups -OCH3 is 1. The summed E-state index contributed by atoms with van der Waals surface area (Å²) in [6.45, 7) is 3.69. The van der Waals surface area contributed by atoms with Gasteiger partial charge in [0.25, 0.3) is 0 Å². The Morgan fingerprint density at radius 3 is 2.78 bits per heavy atom. The van der Waals surface area contributed by atoms with Gasteiger partial charge < -0.3 is 19.9 Å². The molecular formula is C14H21NO3. The normalized spacial score (nSPS) is 18.6. The SMILES string of the molecule is COc1ccc(O)c(C(C)NC2CCOCC2)c1. The fraction of sp³-hybridized carbons (Fsp3) is 0.571. The summed E-state index contributed by atoms with van der Waals surface area (Å²) >= 11 is 0. The van der Waals surface area contributed by atoms with E-state index in [9.17, 15) is 5.11 Å². The van der Waals surface area contributed by atoms with Crippen molar-refractivity contribution in [2.45, 2.75) is 31.8 Å². The van der Waals surface area contributed by atoms with Crippen molar-refractivity contribution in [1.82, 2.24) is 5.32 Å². The van der Waals surface area contributed by atoms with E-state index in [2.05, 4.69) is 12.2 Å². The van der Waals surface area contributed by atoms with E-state index in [1.807, 2.05) is 6.07 Å². The van der Waals surface area contributed by atoms with Gasteiger partial charge in [-0.15, -0.1) is 0 Å². The van der Waals surface area contributed by atoms with Crippen LogP contribution in [-0.2, 0) is 4.74 Å². The Bertz CT molecular complexity index is 389. The van der Waals surface area contributed by atoms with Crippen molar-refractivity contribution >= 4 is 0 Å². The quantitative estimate of drug-likeness (QED) is 0.861. The third kappa shape index (κ3) is 3.15. The maximum absolute atomic E-state index is 9.91. The van der Waals surface area contributed by atoms with Crippen molar-refractivity contribution in [3.63, 3.8) is 0 Å². The molecule has 2 N–H and O–H groups in total. The molecular weight excluding hydrogens is 230 g/mol. The van der Waals surface area contributed by atoms with Gasteiger partial charge in [0.1, 0.15) is 11.5 Å². The first-order valence-corrected chi connectivity index (χ1v) is 6.41. The molecule has 1 aliphatic heterocycles. The van der Waals surface area contributed by atoms with E-state index in [4.69, 9.17) is 9.47 Å². The summed E-state index contributed by atoms with van der Waals surface area (Å²) in [5, 5.41) is 13.4. The van der Waals surface area contributed by atoms with Crippen LogP contribution in [0.3, 0.4) is 0 Å². The summed E-state index contributed by atoms with van der Waals surface area (Å²) in [4.78, 5) is 0. The third-order valence-electron chi connectivity index (χ3n) is 3.41. The molecule has 1 aromatic rings. The molecule has 1 heterocycles. The molecule has 0 spiro atoms. The lowest BCUT2D eigenvalue weighted by molar-refractivity contribution is 0.0753. The van der Waals surface area contributed by atoms with Gasteiger partial charge in [-0.05, 0) is 38.0 Å². The number of phenols is 1. The number of benzene rings is 1. The van der Waals surface area contributed by atoms with Gasteiger partial charge in [0, 0.05) is 30.9 Å². The predicted molar refractivity (Wildman–Crippen MR) is 70.1 cm³/mol. The Balaban J connectivity index is 2.04. The van der Waals surface area contributed by atoms with Crippen molar-refractivity contribution in [3.05, 3.63) is 23.8 Å². The number of rotatable bonds is 4. The number of hydrogen-bond acceptors (Lipinski definition) is 4. The second-order valence-corrected chi connectivity index (χ2v) is 4.70. The molecule has 1 unspecified atom stereocenters. The van der Waals surface area contributed by atoms with Gasteiger partial charge in [-0.3, -0.25) is 0 Å². The number of ether oxygens (including phenoxy) is 2. The molecule has 0 amide bonds. The molecule has 1 atom stereocenters. The van der Waals surface area contributed by atoms with Crippen molar-refractivity contribution in [2.75, 3.05) is 20.3 Å². The van der Waals surface area contributed by atoms with E-state index in [0.29, 0.717) is 11.8 Å². The minimum absolute atomic E-state index is 0.100. The monoisotopic (exact) mass is 251 g/mol. The molecule has 0 bridgehead atoms. The summed E-state index contributed by atoms with van der Waals surface area (Å²) in [5.41, 5.74) is 0.876. The average Bonchev–Trinajstić information content (AvgIpc) is 2.40. The molecule has 4 heteroatoms. The first kappa shape index (κ1) is 13.2. The van der Waals surface area contributed by atoms with E-state index >= 15 is 0 Å². The molecule has 100 valence electrons. The Morgan fingerprint density at radius 1 is 1.39 bits per heavy atom. The lowest BCUT2D eigenvalue weighted by atomic mass is 10.0. The van der Waals surface area contributed by atoms with Gasteiger partial charge in [0.15, 0.2) is 0 Å². The number of nitrogens with one attached hydrogen (secondary N) is 1. The standard InChI is InChI=1S/C14H21NO3/c1-10(15-11-5-7-18-8-6-11)13-9-12(17-2)3-4-14(13)16/h3-4,9-11,15-16H,5-8H2,1-2H3. The predicted octanol–water partition coefficient (Wildman–Crippen LogP) is 2.23. The highest BCUT2D eigenvalue weighted by molar-refractivity contribution is 5.41. The zero-order chi connectivity index (χ0) is 13.0. The van der Waals surface area contributed by atoms with E-state index in [1.165, 1.54) is 0 Å². The smallest absolute Gasteiger partial charge is 0.120 e. The lowest BCUT2D eigenvalue weighted by Gasteiger charge is -2.27. The minimum atomic E-state index is 0.100. The van der Waals surface area contributed by atoms with Crippen molar-refractivity contribution in [2.24, 2.45) is 0 Å². The summed E-state index contributed by atoms with van der Waals surface area (Å²) < 4.78 is 10.5. The number of phenolic OH excluding ortho intramolecular Hbond substituents is 1. The Kier molecular flexibility index (Phi) is 4.44. The summed E-state index contributed by atoms with van der Waals surface area (Å²) in [6, 6.07) is 5.88. The van der Waals surface area contributed by atoms with Gasteiger partial charge in [0.2, 0.25) is 0 Å². The number of hydrogen-bond donors (Lipinski definition) is 2. The molecule has 0 aromatic heterocycles. The molecule has 1 aliphatic rings. The summed E-state index contributed by atoms with van der Waals surface area (Å²) in [7, 11) is 1.63. The van der Waals surface area contributed by atoms with Crippen LogP contribution in [0.15, 0.2) is 18.2 Å². The van der Waals surface area contributed by atoms with Crippen molar-refractivity contribution < 1.29 is 14.6 Å². The highest BCUT2D eigenvalue weighted by Crippen LogP contribution is 2.29. The van der Waals surface area contributed by atoms with Crippen LogP contribution in [0, 0.1) is 0 Å². The highest BCUT2D eigenvalue weighted by atomic mass is 16.5. The summed E-state index contributed by atoms with van der Waals surface area (Å²) in [6.07, 6.45) is 2.05. The Morgan fingerprint density at radius 2 is 2.11 bits per heavy atom. The van der Waals surface area contributed by atoms with Gasteiger partial charge in [-0.25, -0.2) is 0 Å². The Hall–Kier alpha value is -1.26. The first-order valence-electron chi connectivity index (χ1n) is 6.41. The minimum Gasteiger partial charge on any atom is -0.508 e. The molecule has 0 saturated carbocycles. The van der Waals surface area contributed by atoms with Gasteiger partial charge in [0.05, 0.1) is 7.11 Å². The van der Waals surface area contributed by atoms with Crippen molar-refractivity contribution in [1.29, 1.82) is 0 Å². The molecule has 0 aliphatic carbocycles. The molecule has 4 nitrogen and oxygen atoms in total. The third-order valence-corrected chi connectivity index (χ3v) is 3.41. The highest BCUT2D eigenvalue weighted by Gasteiger charge is 2.18. The van der Waals surface area contributed by atoms with Crippen LogP contribution in [0.5, 0.6) is 11.5 Å². The van der Waals surface area contributed by atoms with Crippen LogP contribution >= 0.6 is 0 Å². The Labute approximate surface area is 108 Å². The molecule has 18 heavy (non-hydrogen) atoms.